The Labute approximate surface area is 166 Å². The summed E-state index contributed by atoms with van der Waals surface area (Å²) in [5.41, 5.74) is 1.67. The van der Waals surface area contributed by atoms with Crippen LogP contribution in [0.15, 0.2) is 40.3 Å². The van der Waals surface area contributed by atoms with Gasteiger partial charge in [-0.25, -0.2) is 13.4 Å². The van der Waals surface area contributed by atoms with E-state index in [4.69, 9.17) is 0 Å². The maximum absolute atomic E-state index is 13.0. The Morgan fingerprint density at radius 2 is 1.79 bits per heavy atom. The fourth-order valence-corrected chi connectivity index (χ4v) is 5.19. The average Bonchev–Trinajstić information content (AvgIpc) is 2.63. The van der Waals surface area contributed by atoms with Crippen LogP contribution in [0.4, 0.5) is 5.82 Å². The lowest BCUT2D eigenvalue weighted by Crippen LogP contribution is -2.50. The fraction of sp³-hybridized carbons (Fsp3) is 0.500. The number of anilines is 1. The van der Waals surface area contributed by atoms with E-state index in [0.717, 1.165) is 11.1 Å². The molecule has 0 unspecified atom stereocenters. The quantitative estimate of drug-likeness (QED) is 0.762. The normalized spacial score (nSPS) is 16.0. The van der Waals surface area contributed by atoms with Gasteiger partial charge in [-0.05, 0) is 31.4 Å². The smallest absolute Gasteiger partial charge is 0.293 e. The van der Waals surface area contributed by atoms with Crippen molar-refractivity contribution in [2.45, 2.75) is 39.1 Å². The van der Waals surface area contributed by atoms with Crippen molar-refractivity contribution in [2.75, 3.05) is 31.1 Å². The number of rotatable bonds is 5. The number of nitrogens with zero attached hydrogens (tertiary/aromatic N) is 4. The Kier molecular flexibility index (Phi) is 5.90. The first kappa shape index (κ1) is 20.5. The standard InChI is InChI=1S/C20H28N4O3S/c1-15(2)14-23-8-7-21-19(20(23)25)22-9-11-24(12-10-22)28(26,27)18-6-5-16(3)13-17(18)4/h5-8,13,15H,9-12,14H2,1-4H3. The van der Waals surface area contributed by atoms with Gasteiger partial charge in [-0.2, -0.15) is 4.31 Å². The zero-order valence-corrected chi connectivity index (χ0v) is 17.7. The second kappa shape index (κ2) is 8.05. The van der Waals surface area contributed by atoms with Gasteiger partial charge < -0.3 is 9.47 Å². The van der Waals surface area contributed by atoms with Crippen LogP contribution in [0.1, 0.15) is 25.0 Å². The third-order valence-corrected chi connectivity index (χ3v) is 7.00. The molecule has 28 heavy (non-hydrogen) atoms. The maximum atomic E-state index is 13.0. The van der Waals surface area contributed by atoms with E-state index in [1.54, 1.807) is 23.0 Å². The van der Waals surface area contributed by atoms with Crippen LogP contribution in [-0.4, -0.2) is 48.5 Å². The van der Waals surface area contributed by atoms with E-state index >= 15 is 0 Å². The van der Waals surface area contributed by atoms with E-state index in [0.29, 0.717) is 49.4 Å². The minimum atomic E-state index is -3.55. The molecule has 0 amide bonds. The molecular weight excluding hydrogens is 376 g/mol. The predicted octanol–water partition coefficient (Wildman–Crippen LogP) is 2.03. The van der Waals surface area contributed by atoms with E-state index in [2.05, 4.69) is 18.8 Å². The summed E-state index contributed by atoms with van der Waals surface area (Å²) in [5.74, 6) is 0.749. The number of piperazine rings is 1. The summed E-state index contributed by atoms with van der Waals surface area (Å²) in [6.45, 7) is 10.1. The minimum Gasteiger partial charge on any atom is -0.349 e. The molecule has 0 N–H and O–H groups in total. The lowest BCUT2D eigenvalue weighted by atomic mass is 10.2. The number of hydrogen-bond donors (Lipinski definition) is 0. The number of hydrogen-bond acceptors (Lipinski definition) is 5. The highest BCUT2D eigenvalue weighted by Gasteiger charge is 2.30. The molecule has 3 rings (SSSR count). The van der Waals surface area contributed by atoms with Crippen LogP contribution >= 0.6 is 0 Å². The number of aryl methyl sites for hydroxylation is 2. The highest BCUT2D eigenvalue weighted by atomic mass is 32.2. The zero-order chi connectivity index (χ0) is 20.5. The molecule has 1 aromatic heterocycles. The molecule has 0 spiro atoms. The van der Waals surface area contributed by atoms with Crippen LogP contribution in [0.25, 0.3) is 0 Å². The molecular formula is C20H28N4O3S. The highest BCUT2D eigenvalue weighted by Crippen LogP contribution is 2.22. The van der Waals surface area contributed by atoms with Crippen LogP contribution in [0.3, 0.4) is 0 Å². The summed E-state index contributed by atoms with van der Waals surface area (Å²) in [4.78, 5) is 19.2. The van der Waals surface area contributed by atoms with Crippen LogP contribution in [0.2, 0.25) is 0 Å². The lowest BCUT2D eigenvalue weighted by molar-refractivity contribution is 0.382. The molecule has 2 aromatic rings. The summed E-state index contributed by atoms with van der Waals surface area (Å²) in [6.07, 6.45) is 3.34. The molecule has 7 nitrogen and oxygen atoms in total. The van der Waals surface area contributed by atoms with E-state index < -0.39 is 10.0 Å². The minimum absolute atomic E-state index is 0.123. The van der Waals surface area contributed by atoms with Crippen LogP contribution < -0.4 is 10.5 Å². The van der Waals surface area contributed by atoms with Gasteiger partial charge in [0.2, 0.25) is 10.0 Å². The third-order valence-electron chi connectivity index (χ3n) is 4.94. The predicted molar refractivity (Wildman–Crippen MR) is 110 cm³/mol. The van der Waals surface area contributed by atoms with Gasteiger partial charge in [0, 0.05) is 45.1 Å². The van der Waals surface area contributed by atoms with Crippen molar-refractivity contribution in [1.82, 2.24) is 13.9 Å². The van der Waals surface area contributed by atoms with Gasteiger partial charge in [-0.3, -0.25) is 4.79 Å². The van der Waals surface area contributed by atoms with Crippen LogP contribution in [0.5, 0.6) is 0 Å². The van der Waals surface area contributed by atoms with Crippen molar-refractivity contribution in [1.29, 1.82) is 0 Å². The molecule has 0 radical (unpaired) electrons. The Morgan fingerprint density at radius 1 is 1.11 bits per heavy atom. The number of benzene rings is 1. The maximum Gasteiger partial charge on any atom is 0.293 e. The molecule has 152 valence electrons. The molecule has 0 aliphatic carbocycles. The Hall–Kier alpha value is -2.19. The largest absolute Gasteiger partial charge is 0.349 e. The SMILES string of the molecule is Cc1ccc(S(=O)(=O)N2CCN(c3nccn(CC(C)C)c3=O)CC2)c(C)c1. The molecule has 0 bridgehead atoms. The third kappa shape index (κ3) is 4.12. The summed E-state index contributed by atoms with van der Waals surface area (Å²) in [6, 6.07) is 5.38. The molecule has 1 fully saturated rings. The van der Waals surface area contributed by atoms with E-state index in [-0.39, 0.29) is 5.56 Å². The number of aromatic nitrogens is 2. The second-order valence-electron chi connectivity index (χ2n) is 7.76. The Balaban J connectivity index is 1.77. The second-order valence-corrected chi connectivity index (χ2v) is 9.67. The molecule has 8 heteroatoms. The van der Waals surface area contributed by atoms with Crippen molar-refractivity contribution in [3.63, 3.8) is 0 Å². The summed E-state index contributed by atoms with van der Waals surface area (Å²) < 4.78 is 29.2. The molecule has 0 atom stereocenters. The zero-order valence-electron chi connectivity index (χ0n) is 16.9. The number of sulfonamides is 1. The van der Waals surface area contributed by atoms with Gasteiger partial charge in [-0.15, -0.1) is 0 Å². The highest BCUT2D eigenvalue weighted by molar-refractivity contribution is 7.89. The van der Waals surface area contributed by atoms with Gasteiger partial charge in [0.05, 0.1) is 4.90 Å². The first-order valence-corrected chi connectivity index (χ1v) is 11.0. The average molecular weight is 405 g/mol. The molecule has 0 saturated carbocycles. The van der Waals surface area contributed by atoms with Crippen molar-refractivity contribution >= 4 is 15.8 Å². The van der Waals surface area contributed by atoms with E-state index in [1.807, 2.05) is 30.9 Å². The fourth-order valence-electron chi connectivity index (χ4n) is 3.56. The molecule has 2 heterocycles. The Morgan fingerprint density at radius 3 is 2.39 bits per heavy atom. The monoisotopic (exact) mass is 404 g/mol. The van der Waals surface area contributed by atoms with Gasteiger partial charge in [0.25, 0.3) is 5.56 Å². The first-order chi connectivity index (χ1) is 13.2. The van der Waals surface area contributed by atoms with Gasteiger partial charge in [0.1, 0.15) is 0 Å². The molecule has 1 saturated heterocycles. The van der Waals surface area contributed by atoms with Crippen molar-refractivity contribution in [2.24, 2.45) is 5.92 Å². The lowest BCUT2D eigenvalue weighted by Gasteiger charge is -2.34. The summed E-state index contributed by atoms with van der Waals surface area (Å²) in [5, 5.41) is 0. The Bertz CT molecular complexity index is 1010. The van der Waals surface area contributed by atoms with Crippen LogP contribution in [0, 0.1) is 19.8 Å². The van der Waals surface area contributed by atoms with Crippen molar-refractivity contribution < 1.29 is 8.42 Å². The summed E-state index contributed by atoms with van der Waals surface area (Å²) in [7, 11) is -3.55. The van der Waals surface area contributed by atoms with Crippen molar-refractivity contribution in [3.05, 3.63) is 52.1 Å². The van der Waals surface area contributed by atoms with Gasteiger partial charge >= 0.3 is 0 Å². The first-order valence-electron chi connectivity index (χ1n) is 9.58. The van der Waals surface area contributed by atoms with Gasteiger partial charge in [0.15, 0.2) is 5.82 Å². The summed E-state index contributed by atoms with van der Waals surface area (Å²) >= 11 is 0. The topological polar surface area (TPSA) is 75.5 Å². The van der Waals surface area contributed by atoms with Crippen LogP contribution in [-0.2, 0) is 16.6 Å². The molecule has 1 aromatic carbocycles. The van der Waals surface area contributed by atoms with E-state index in [1.165, 1.54) is 4.31 Å². The van der Waals surface area contributed by atoms with E-state index in [9.17, 15) is 13.2 Å². The molecule has 1 aliphatic heterocycles. The van der Waals surface area contributed by atoms with Crippen molar-refractivity contribution in [3.8, 4) is 0 Å². The van der Waals surface area contributed by atoms with Gasteiger partial charge in [-0.1, -0.05) is 31.5 Å². The molecule has 1 aliphatic rings.